The number of alkyl halides is 3. The van der Waals surface area contributed by atoms with E-state index in [1.165, 1.54) is 0 Å². The van der Waals surface area contributed by atoms with Gasteiger partial charge in [0.15, 0.2) is 0 Å². The lowest BCUT2D eigenvalue weighted by atomic mass is 10.0. The Labute approximate surface area is 149 Å². The largest absolute Gasteiger partial charge is 0.449 e. The number of hydrogen-bond acceptors (Lipinski definition) is 3. The molecule has 1 saturated heterocycles. The standard InChI is InChI=1S/C18H22F3N3O2/c19-18(20,21)17-23-14-6-1-2-7-15(14)24(17)9-3-8-16(25)22-11-13-5-4-10-26-12-13/h1-2,6-7,13H,3-5,8-12H2,(H,22,25). The zero-order chi connectivity index (χ0) is 18.6. The molecular weight excluding hydrogens is 347 g/mol. The summed E-state index contributed by atoms with van der Waals surface area (Å²) in [6.07, 6.45) is -2.01. The second-order valence-corrected chi connectivity index (χ2v) is 6.56. The fourth-order valence-corrected chi connectivity index (χ4v) is 3.23. The van der Waals surface area contributed by atoms with Crippen LogP contribution in [0.5, 0.6) is 0 Å². The van der Waals surface area contributed by atoms with E-state index in [1.807, 2.05) is 0 Å². The molecule has 1 unspecified atom stereocenters. The Morgan fingerprint density at radius 2 is 2.15 bits per heavy atom. The summed E-state index contributed by atoms with van der Waals surface area (Å²) in [7, 11) is 0. The van der Waals surface area contributed by atoms with Gasteiger partial charge in [-0.15, -0.1) is 0 Å². The molecule has 26 heavy (non-hydrogen) atoms. The molecule has 0 saturated carbocycles. The molecule has 8 heteroatoms. The number of carbonyl (C=O) groups excluding carboxylic acids is 1. The monoisotopic (exact) mass is 369 g/mol. The highest BCUT2D eigenvalue weighted by Gasteiger charge is 2.37. The van der Waals surface area contributed by atoms with E-state index in [0.717, 1.165) is 24.0 Å². The average molecular weight is 369 g/mol. The predicted molar refractivity (Wildman–Crippen MR) is 90.5 cm³/mol. The Bertz CT molecular complexity index is 752. The summed E-state index contributed by atoms with van der Waals surface area (Å²) in [5.41, 5.74) is 0.737. The highest BCUT2D eigenvalue weighted by atomic mass is 19.4. The summed E-state index contributed by atoms with van der Waals surface area (Å²) < 4.78 is 46.2. The number of nitrogens with one attached hydrogen (secondary N) is 1. The van der Waals surface area contributed by atoms with Crippen LogP contribution in [0, 0.1) is 5.92 Å². The highest BCUT2D eigenvalue weighted by molar-refractivity contribution is 5.77. The van der Waals surface area contributed by atoms with Gasteiger partial charge in [0.2, 0.25) is 11.7 Å². The Balaban J connectivity index is 1.56. The van der Waals surface area contributed by atoms with Crippen molar-refractivity contribution in [1.29, 1.82) is 0 Å². The molecule has 5 nitrogen and oxygen atoms in total. The van der Waals surface area contributed by atoms with Crippen LogP contribution in [0.2, 0.25) is 0 Å². The van der Waals surface area contributed by atoms with Crippen molar-refractivity contribution < 1.29 is 22.7 Å². The van der Waals surface area contributed by atoms with Crippen molar-refractivity contribution in [2.75, 3.05) is 19.8 Å². The number of aryl methyl sites for hydroxylation is 1. The maximum Gasteiger partial charge on any atom is 0.449 e. The molecule has 2 heterocycles. The van der Waals surface area contributed by atoms with Crippen LogP contribution in [0.25, 0.3) is 11.0 Å². The summed E-state index contributed by atoms with van der Waals surface area (Å²) in [5, 5.41) is 2.85. The number of imidazole rings is 1. The van der Waals surface area contributed by atoms with E-state index in [-0.39, 0.29) is 18.9 Å². The molecule has 3 rings (SSSR count). The number of ether oxygens (including phenoxy) is 1. The van der Waals surface area contributed by atoms with Crippen molar-refractivity contribution in [1.82, 2.24) is 14.9 Å². The van der Waals surface area contributed by atoms with Crippen LogP contribution in [-0.2, 0) is 22.3 Å². The minimum Gasteiger partial charge on any atom is -0.381 e. The van der Waals surface area contributed by atoms with Gasteiger partial charge in [0.1, 0.15) is 0 Å². The molecule has 142 valence electrons. The molecule has 1 aromatic carbocycles. The minimum atomic E-state index is -4.53. The molecular formula is C18H22F3N3O2. The Kier molecular flexibility index (Phi) is 5.80. The van der Waals surface area contributed by atoms with Gasteiger partial charge in [-0.1, -0.05) is 12.1 Å². The number of aromatic nitrogens is 2. The van der Waals surface area contributed by atoms with Crippen LogP contribution in [0.15, 0.2) is 24.3 Å². The molecule has 0 bridgehead atoms. The van der Waals surface area contributed by atoms with Crippen molar-refractivity contribution >= 4 is 16.9 Å². The summed E-state index contributed by atoms with van der Waals surface area (Å²) >= 11 is 0. The third kappa shape index (κ3) is 4.55. The maximum atomic E-state index is 13.2. The summed E-state index contributed by atoms with van der Waals surface area (Å²) in [6, 6.07) is 6.50. The van der Waals surface area contributed by atoms with Crippen molar-refractivity contribution in [3.8, 4) is 0 Å². The molecule has 1 aliphatic rings. The van der Waals surface area contributed by atoms with Gasteiger partial charge in [0.25, 0.3) is 0 Å². The van der Waals surface area contributed by atoms with Crippen LogP contribution in [-0.4, -0.2) is 35.2 Å². The van der Waals surface area contributed by atoms with Crippen molar-refractivity contribution in [3.05, 3.63) is 30.1 Å². The first-order chi connectivity index (χ1) is 12.4. The van der Waals surface area contributed by atoms with Crippen molar-refractivity contribution in [2.45, 2.75) is 38.4 Å². The van der Waals surface area contributed by atoms with Gasteiger partial charge in [0, 0.05) is 26.1 Å². The van der Waals surface area contributed by atoms with E-state index >= 15 is 0 Å². The Morgan fingerprint density at radius 3 is 2.88 bits per heavy atom. The average Bonchev–Trinajstić information content (AvgIpc) is 3.00. The van der Waals surface area contributed by atoms with Crippen molar-refractivity contribution in [2.24, 2.45) is 5.92 Å². The van der Waals surface area contributed by atoms with Crippen LogP contribution in [0.1, 0.15) is 31.5 Å². The quantitative estimate of drug-likeness (QED) is 0.849. The molecule has 2 aromatic rings. The maximum absolute atomic E-state index is 13.2. The number of benzene rings is 1. The molecule has 1 aromatic heterocycles. The molecule has 0 spiro atoms. The summed E-state index contributed by atoms with van der Waals surface area (Å²) in [4.78, 5) is 15.7. The topological polar surface area (TPSA) is 56.2 Å². The van der Waals surface area contributed by atoms with Gasteiger partial charge in [0.05, 0.1) is 17.6 Å². The first kappa shape index (κ1) is 18.7. The lowest BCUT2D eigenvalue weighted by molar-refractivity contribution is -0.146. The molecule has 0 aliphatic carbocycles. The smallest absolute Gasteiger partial charge is 0.381 e. The van der Waals surface area contributed by atoms with Gasteiger partial charge in [-0.05, 0) is 37.3 Å². The number of para-hydroxylation sites is 2. The van der Waals surface area contributed by atoms with E-state index in [4.69, 9.17) is 4.74 Å². The Morgan fingerprint density at radius 1 is 1.35 bits per heavy atom. The molecule has 0 radical (unpaired) electrons. The number of amides is 1. The first-order valence-corrected chi connectivity index (χ1v) is 8.82. The third-order valence-corrected chi connectivity index (χ3v) is 4.54. The zero-order valence-corrected chi connectivity index (χ0v) is 14.4. The molecule has 1 aliphatic heterocycles. The Hall–Kier alpha value is -2.09. The lowest BCUT2D eigenvalue weighted by Gasteiger charge is -2.22. The predicted octanol–water partition coefficient (Wildman–Crippen LogP) is 3.38. The van der Waals surface area contributed by atoms with Crippen LogP contribution < -0.4 is 5.32 Å². The van der Waals surface area contributed by atoms with E-state index in [0.29, 0.717) is 36.5 Å². The third-order valence-electron chi connectivity index (χ3n) is 4.54. The van der Waals surface area contributed by atoms with E-state index in [1.54, 1.807) is 24.3 Å². The van der Waals surface area contributed by atoms with Crippen LogP contribution >= 0.6 is 0 Å². The van der Waals surface area contributed by atoms with E-state index in [9.17, 15) is 18.0 Å². The highest BCUT2D eigenvalue weighted by Crippen LogP contribution is 2.31. The SMILES string of the molecule is O=C(CCCn1c(C(F)(F)F)nc2ccccc21)NCC1CCCOC1. The normalized spacial score (nSPS) is 18.2. The van der Waals surface area contributed by atoms with E-state index in [2.05, 4.69) is 10.3 Å². The number of carbonyl (C=O) groups is 1. The number of halogens is 3. The zero-order valence-electron chi connectivity index (χ0n) is 14.4. The second kappa shape index (κ2) is 8.07. The number of rotatable bonds is 6. The van der Waals surface area contributed by atoms with Gasteiger partial charge < -0.3 is 14.6 Å². The van der Waals surface area contributed by atoms with Crippen LogP contribution in [0.4, 0.5) is 13.2 Å². The first-order valence-electron chi connectivity index (χ1n) is 8.82. The molecule has 1 amide bonds. The molecule has 1 atom stereocenters. The van der Waals surface area contributed by atoms with Crippen molar-refractivity contribution in [3.63, 3.8) is 0 Å². The second-order valence-electron chi connectivity index (χ2n) is 6.56. The minimum absolute atomic E-state index is 0.0926. The summed E-state index contributed by atoms with van der Waals surface area (Å²) in [5.74, 6) is -0.742. The molecule has 1 fully saturated rings. The van der Waals surface area contributed by atoms with Crippen LogP contribution in [0.3, 0.4) is 0 Å². The summed E-state index contributed by atoms with van der Waals surface area (Å²) in [6.45, 7) is 2.07. The number of nitrogens with zero attached hydrogens (tertiary/aromatic N) is 2. The van der Waals surface area contributed by atoms with Gasteiger partial charge in [-0.2, -0.15) is 13.2 Å². The fraction of sp³-hybridized carbons (Fsp3) is 0.556. The number of fused-ring (bicyclic) bond motifs is 1. The van der Waals surface area contributed by atoms with Gasteiger partial charge in [-0.25, -0.2) is 4.98 Å². The van der Waals surface area contributed by atoms with Gasteiger partial charge in [-0.3, -0.25) is 4.79 Å². The lowest BCUT2D eigenvalue weighted by Crippen LogP contribution is -2.33. The molecule has 1 N–H and O–H groups in total. The number of hydrogen-bond donors (Lipinski definition) is 1. The van der Waals surface area contributed by atoms with E-state index < -0.39 is 12.0 Å². The fourth-order valence-electron chi connectivity index (χ4n) is 3.23. The van der Waals surface area contributed by atoms with Gasteiger partial charge >= 0.3 is 6.18 Å².